The molecule has 0 aliphatic carbocycles. The van der Waals surface area contributed by atoms with Crippen LogP contribution in [-0.4, -0.2) is 73.9 Å². The minimum absolute atomic E-state index is 0.0771. The van der Waals surface area contributed by atoms with E-state index >= 15 is 0 Å². The first-order valence-corrected chi connectivity index (χ1v) is 13.2. The number of benzene rings is 2. The number of amides is 1. The molecular weight excluding hydrogens is 450 g/mol. The molecule has 1 amide bonds. The van der Waals surface area contributed by atoms with E-state index in [0.717, 1.165) is 50.6 Å². The molecule has 0 bridgehead atoms. The van der Waals surface area contributed by atoms with E-state index in [1.807, 2.05) is 67.2 Å². The van der Waals surface area contributed by atoms with Crippen LogP contribution in [0.3, 0.4) is 0 Å². The molecule has 2 N–H and O–H groups in total. The van der Waals surface area contributed by atoms with Crippen molar-refractivity contribution in [1.82, 2.24) is 10.2 Å². The summed E-state index contributed by atoms with van der Waals surface area (Å²) in [5.74, 6) is 3.42. The molecule has 2 heterocycles. The largest absolute Gasteiger partial charge is 0.490 e. The van der Waals surface area contributed by atoms with Crippen LogP contribution in [0, 0.1) is 0 Å². The summed E-state index contributed by atoms with van der Waals surface area (Å²) in [4.78, 5) is 14.9. The lowest BCUT2D eigenvalue weighted by Crippen LogP contribution is -2.58. The van der Waals surface area contributed by atoms with Crippen LogP contribution >= 0.6 is 11.8 Å². The van der Waals surface area contributed by atoms with Crippen molar-refractivity contribution in [2.75, 3.05) is 62.9 Å². The average molecular weight is 486 g/mol. The molecule has 4 rings (SSSR count). The summed E-state index contributed by atoms with van der Waals surface area (Å²) in [6.45, 7) is 7.80. The second-order valence-corrected chi connectivity index (χ2v) is 9.75. The maximum absolute atomic E-state index is 12.2. The second-order valence-electron chi connectivity index (χ2n) is 8.65. The Labute approximate surface area is 206 Å². The molecule has 2 aliphatic heterocycles. The van der Waals surface area contributed by atoms with Crippen LogP contribution in [0.1, 0.15) is 18.9 Å². The molecule has 0 radical (unpaired) electrons. The third-order valence-corrected chi connectivity index (χ3v) is 7.51. The molecule has 2 fully saturated rings. The van der Waals surface area contributed by atoms with Crippen molar-refractivity contribution in [3.63, 3.8) is 0 Å². The summed E-state index contributed by atoms with van der Waals surface area (Å²) in [6.07, 6.45) is 1.21. The highest BCUT2D eigenvalue weighted by molar-refractivity contribution is 7.99. The average Bonchev–Trinajstić information content (AvgIpc) is 3.35. The van der Waals surface area contributed by atoms with E-state index in [1.54, 1.807) is 0 Å². The summed E-state index contributed by atoms with van der Waals surface area (Å²) in [5.41, 5.74) is 2.09. The van der Waals surface area contributed by atoms with Crippen LogP contribution in [0.15, 0.2) is 48.5 Å². The van der Waals surface area contributed by atoms with Gasteiger partial charge in [-0.15, -0.1) is 0 Å². The highest BCUT2D eigenvalue weighted by Gasteiger charge is 2.40. The van der Waals surface area contributed by atoms with Crippen molar-refractivity contribution >= 4 is 23.4 Å². The first kappa shape index (κ1) is 24.9. The number of hydrogen-bond donors (Lipinski definition) is 2. The monoisotopic (exact) mass is 485 g/mol. The van der Waals surface area contributed by atoms with Gasteiger partial charge in [0.05, 0.1) is 19.8 Å². The summed E-state index contributed by atoms with van der Waals surface area (Å²) in [6, 6.07) is 15.3. The fourth-order valence-corrected chi connectivity index (χ4v) is 5.96. The third-order valence-electron chi connectivity index (χ3n) is 6.27. The Bertz CT molecular complexity index is 916. The molecule has 2 aromatic rings. The molecular formula is C26H35N3O4S. The maximum Gasteiger partial charge on any atom is 0.262 e. The smallest absolute Gasteiger partial charge is 0.262 e. The molecule has 2 aliphatic rings. The second kappa shape index (κ2) is 12.4. The number of rotatable bonds is 11. The lowest BCUT2D eigenvalue weighted by atomic mass is 9.95. The van der Waals surface area contributed by atoms with Crippen LogP contribution < -0.4 is 20.1 Å². The summed E-state index contributed by atoms with van der Waals surface area (Å²) >= 11 is 2.05. The molecule has 1 unspecified atom stereocenters. The van der Waals surface area contributed by atoms with Gasteiger partial charge in [0.25, 0.3) is 5.91 Å². The standard InChI is InChI=1S/C26H35N3O4S/c1-2-32-24-16-21(8-9-23(24)33-18-25(30)28-22-6-4-3-5-7-22)17-27-19-26(10-15-34-20-26)29-11-13-31-14-12-29/h3-9,16,27H,2,10-15,17-20H2,1H3,(H,28,30). The number of anilines is 1. The minimum atomic E-state index is -0.206. The zero-order chi connectivity index (χ0) is 23.6. The van der Waals surface area contributed by atoms with Gasteiger partial charge < -0.3 is 24.8 Å². The van der Waals surface area contributed by atoms with Crippen LogP contribution in [0.25, 0.3) is 0 Å². The number of carbonyl (C=O) groups is 1. The van der Waals surface area contributed by atoms with E-state index < -0.39 is 0 Å². The van der Waals surface area contributed by atoms with Gasteiger partial charge in [0.1, 0.15) is 0 Å². The van der Waals surface area contributed by atoms with Gasteiger partial charge in [0.15, 0.2) is 18.1 Å². The lowest BCUT2D eigenvalue weighted by molar-refractivity contribution is -0.118. The van der Waals surface area contributed by atoms with E-state index in [2.05, 4.69) is 15.5 Å². The van der Waals surface area contributed by atoms with E-state index in [1.165, 1.54) is 17.9 Å². The summed E-state index contributed by atoms with van der Waals surface area (Å²) in [5, 5.41) is 6.52. The van der Waals surface area contributed by atoms with Crippen LogP contribution in [-0.2, 0) is 16.1 Å². The van der Waals surface area contributed by atoms with Crippen molar-refractivity contribution in [2.24, 2.45) is 0 Å². The van der Waals surface area contributed by atoms with Gasteiger partial charge in [-0.2, -0.15) is 11.8 Å². The number of ether oxygens (including phenoxy) is 3. The van der Waals surface area contributed by atoms with Crippen LogP contribution in [0.2, 0.25) is 0 Å². The predicted molar refractivity (Wildman–Crippen MR) is 137 cm³/mol. The Morgan fingerprint density at radius 1 is 1.12 bits per heavy atom. The summed E-state index contributed by atoms with van der Waals surface area (Å²) < 4.78 is 17.2. The normalized spacial score (nSPS) is 20.7. The number of nitrogens with one attached hydrogen (secondary N) is 2. The number of hydrogen-bond acceptors (Lipinski definition) is 7. The van der Waals surface area contributed by atoms with Crippen molar-refractivity contribution in [3.8, 4) is 11.5 Å². The minimum Gasteiger partial charge on any atom is -0.490 e. The van der Waals surface area contributed by atoms with E-state index in [9.17, 15) is 4.79 Å². The fraction of sp³-hybridized carbons (Fsp3) is 0.500. The number of carbonyl (C=O) groups excluding carboxylic acids is 1. The first-order chi connectivity index (χ1) is 16.7. The SMILES string of the molecule is CCOc1cc(CNCC2(N3CCOCC3)CCSC2)ccc1OCC(=O)Nc1ccccc1. The molecule has 0 aromatic heterocycles. The topological polar surface area (TPSA) is 72.1 Å². The molecule has 34 heavy (non-hydrogen) atoms. The Morgan fingerprint density at radius 2 is 1.94 bits per heavy atom. The number of thioether (sulfide) groups is 1. The van der Waals surface area contributed by atoms with Gasteiger partial charge in [-0.25, -0.2) is 0 Å². The van der Waals surface area contributed by atoms with Crippen molar-refractivity contribution in [1.29, 1.82) is 0 Å². The number of morpholine rings is 1. The molecule has 184 valence electrons. The third kappa shape index (κ3) is 6.66. The Morgan fingerprint density at radius 3 is 2.68 bits per heavy atom. The van der Waals surface area contributed by atoms with E-state index in [0.29, 0.717) is 18.1 Å². The molecule has 2 aromatic carbocycles. The van der Waals surface area contributed by atoms with Gasteiger partial charge in [-0.3, -0.25) is 9.69 Å². The lowest BCUT2D eigenvalue weighted by Gasteiger charge is -2.43. The Hall–Kier alpha value is -2.26. The van der Waals surface area contributed by atoms with Gasteiger partial charge >= 0.3 is 0 Å². The molecule has 7 nitrogen and oxygen atoms in total. The molecule has 1 atom stereocenters. The summed E-state index contributed by atoms with van der Waals surface area (Å²) in [7, 11) is 0. The molecule has 2 saturated heterocycles. The predicted octanol–water partition coefficient (Wildman–Crippen LogP) is 3.40. The zero-order valence-corrected chi connectivity index (χ0v) is 20.7. The number of nitrogens with zero attached hydrogens (tertiary/aromatic N) is 1. The molecule has 0 saturated carbocycles. The quantitative estimate of drug-likeness (QED) is 0.505. The van der Waals surface area contributed by atoms with Crippen molar-refractivity contribution in [3.05, 3.63) is 54.1 Å². The van der Waals surface area contributed by atoms with E-state index in [-0.39, 0.29) is 18.1 Å². The zero-order valence-electron chi connectivity index (χ0n) is 19.9. The molecule has 8 heteroatoms. The van der Waals surface area contributed by atoms with Crippen LogP contribution in [0.5, 0.6) is 11.5 Å². The van der Waals surface area contributed by atoms with E-state index in [4.69, 9.17) is 14.2 Å². The van der Waals surface area contributed by atoms with Gasteiger partial charge in [0, 0.05) is 43.2 Å². The van der Waals surface area contributed by atoms with Crippen molar-refractivity contribution in [2.45, 2.75) is 25.4 Å². The van der Waals surface area contributed by atoms with Gasteiger partial charge in [-0.05, 0) is 48.9 Å². The maximum atomic E-state index is 12.2. The fourth-order valence-electron chi connectivity index (χ4n) is 4.49. The van der Waals surface area contributed by atoms with Gasteiger partial charge in [0.2, 0.25) is 0 Å². The first-order valence-electron chi connectivity index (χ1n) is 12.0. The Kier molecular flexibility index (Phi) is 9.10. The highest BCUT2D eigenvalue weighted by atomic mass is 32.2. The number of para-hydroxylation sites is 1. The molecule has 0 spiro atoms. The van der Waals surface area contributed by atoms with Crippen molar-refractivity contribution < 1.29 is 19.0 Å². The van der Waals surface area contributed by atoms with Gasteiger partial charge in [-0.1, -0.05) is 24.3 Å². The van der Waals surface area contributed by atoms with Crippen LogP contribution in [0.4, 0.5) is 5.69 Å². The Balaban J connectivity index is 1.32. The highest BCUT2D eigenvalue weighted by Crippen LogP contribution is 2.34.